The Bertz CT molecular complexity index is 169. The lowest BCUT2D eigenvalue weighted by atomic mass is 10.0. The molecule has 0 aromatic carbocycles. The van der Waals surface area contributed by atoms with Gasteiger partial charge in [0.2, 0.25) is 5.91 Å². The molecule has 0 saturated heterocycles. The molecular weight excluding hydrogens is 128 g/mol. The van der Waals surface area contributed by atoms with Gasteiger partial charge in [0.05, 0.1) is 0 Å². The van der Waals surface area contributed by atoms with Crippen LogP contribution >= 0.6 is 0 Å². The van der Waals surface area contributed by atoms with Crippen molar-refractivity contribution >= 4 is 5.91 Å². The molecule has 0 heterocycles. The Kier molecular flexibility index (Phi) is 1.20. The summed E-state index contributed by atoms with van der Waals surface area (Å²) in [6, 6.07) is 0. The smallest absolute Gasteiger partial charge is 0.237 e. The molecule has 2 unspecified atom stereocenters. The number of carbonyl (C=O) groups is 1. The molecule has 2 saturated carbocycles. The van der Waals surface area contributed by atoms with Gasteiger partial charge in [0.1, 0.15) is 0 Å². The fourth-order valence-electron chi connectivity index (χ4n) is 2.14. The zero-order valence-corrected chi connectivity index (χ0v) is 5.84. The molecule has 3 heteroatoms. The quantitative estimate of drug-likeness (QED) is 0.306. The number of hydrazine groups is 1. The van der Waals surface area contributed by atoms with E-state index in [1.165, 1.54) is 12.8 Å². The van der Waals surface area contributed by atoms with E-state index in [0.717, 1.165) is 12.3 Å². The summed E-state index contributed by atoms with van der Waals surface area (Å²) in [7, 11) is 0. The molecule has 2 fully saturated rings. The Morgan fingerprint density at radius 2 is 2.30 bits per heavy atom. The highest BCUT2D eigenvalue weighted by molar-refractivity contribution is 5.79. The molecule has 3 atom stereocenters. The number of carbonyl (C=O) groups excluding carboxylic acids is 1. The summed E-state index contributed by atoms with van der Waals surface area (Å²) in [4.78, 5) is 11.0. The van der Waals surface area contributed by atoms with Crippen molar-refractivity contribution < 1.29 is 4.79 Å². The molecule has 10 heavy (non-hydrogen) atoms. The van der Waals surface area contributed by atoms with Gasteiger partial charge < -0.3 is 0 Å². The molecule has 56 valence electrons. The zero-order chi connectivity index (χ0) is 7.14. The van der Waals surface area contributed by atoms with Crippen LogP contribution in [0.1, 0.15) is 19.3 Å². The summed E-state index contributed by atoms with van der Waals surface area (Å²) in [5.74, 6) is 6.87. The van der Waals surface area contributed by atoms with E-state index in [9.17, 15) is 4.79 Å². The normalized spacial score (nSPS) is 42.7. The molecular formula is C7H12N2O. The summed E-state index contributed by atoms with van der Waals surface area (Å²) in [5.41, 5.74) is 2.23. The molecule has 2 rings (SSSR count). The van der Waals surface area contributed by atoms with Crippen LogP contribution in [0.25, 0.3) is 0 Å². The maximum atomic E-state index is 11.0. The first kappa shape index (κ1) is 6.16. The molecule has 0 bridgehead atoms. The Labute approximate surface area is 59.9 Å². The summed E-state index contributed by atoms with van der Waals surface area (Å²) in [6.45, 7) is 0. The van der Waals surface area contributed by atoms with Gasteiger partial charge in [-0.1, -0.05) is 0 Å². The number of hydrogen-bond donors (Lipinski definition) is 2. The number of hydrogen-bond acceptors (Lipinski definition) is 2. The second-order valence-corrected chi connectivity index (χ2v) is 3.35. The third-order valence-corrected chi connectivity index (χ3v) is 2.82. The van der Waals surface area contributed by atoms with Gasteiger partial charge in [-0.15, -0.1) is 0 Å². The van der Waals surface area contributed by atoms with Gasteiger partial charge in [-0.3, -0.25) is 10.2 Å². The lowest BCUT2D eigenvalue weighted by Gasteiger charge is -2.07. The third-order valence-electron chi connectivity index (χ3n) is 2.82. The average molecular weight is 140 g/mol. The average Bonchev–Trinajstić information content (AvgIpc) is 2.62. The topological polar surface area (TPSA) is 55.1 Å². The molecule has 0 aliphatic heterocycles. The zero-order valence-electron chi connectivity index (χ0n) is 5.84. The molecule has 1 amide bonds. The van der Waals surface area contributed by atoms with Gasteiger partial charge >= 0.3 is 0 Å². The van der Waals surface area contributed by atoms with Crippen LogP contribution in [0, 0.1) is 17.8 Å². The third kappa shape index (κ3) is 0.736. The Balaban J connectivity index is 1.98. The van der Waals surface area contributed by atoms with Crippen LogP contribution in [0.3, 0.4) is 0 Å². The van der Waals surface area contributed by atoms with E-state index in [4.69, 9.17) is 5.84 Å². The number of fused-ring (bicyclic) bond motifs is 1. The van der Waals surface area contributed by atoms with Crippen molar-refractivity contribution in [3.05, 3.63) is 0 Å². The standard InChI is InChI=1S/C7H12N2O/c8-9-7(10)5-2-1-4-3-6(4)5/h4-6H,1-3,8H2,(H,9,10)/t4?,5-,6?/m0/s1. The van der Waals surface area contributed by atoms with E-state index in [1.54, 1.807) is 0 Å². The van der Waals surface area contributed by atoms with Crippen molar-refractivity contribution in [2.24, 2.45) is 23.6 Å². The second-order valence-electron chi connectivity index (χ2n) is 3.35. The van der Waals surface area contributed by atoms with Crippen molar-refractivity contribution in [1.29, 1.82) is 0 Å². The molecule has 3 N–H and O–H groups in total. The van der Waals surface area contributed by atoms with Crippen molar-refractivity contribution in [2.45, 2.75) is 19.3 Å². The van der Waals surface area contributed by atoms with Gasteiger partial charge in [-0.2, -0.15) is 0 Å². The Hall–Kier alpha value is -0.570. The van der Waals surface area contributed by atoms with Crippen LogP contribution in [0.2, 0.25) is 0 Å². The number of nitrogens with one attached hydrogen (secondary N) is 1. The molecule has 3 nitrogen and oxygen atoms in total. The Morgan fingerprint density at radius 1 is 1.50 bits per heavy atom. The molecule has 0 aromatic heterocycles. The van der Waals surface area contributed by atoms with Crippen LogP contribution < -0.4 is 11.3 Å². The predicted octanol–water partition coefficient (Wildman–Crippen LogP) is 0.0224. The molecule has 0 spiro atoms. The highest BCUT2D eigenvalue weighted by atomic mass is 16.2. The monoisotopic (exact) mass is 140 g/mol. The molecule has 0 aromatic rings. The van der Waals surface area contributed by atoms with Crippen LogP contribution in [-0.2, 0) is 4.79 Å². The summed E-state index contributed by atoms with van der Waals surface area (Å²) < 4.78 is 0. The maximum Gasteiger partial charge on any atom is 0.237 e. The minimum absolute atomic E-state index is 0.0463. The second kappa shape index (κ2) is 1.95. The van der Waals surface area contributed by atoms with E-state index in [1.807, 2.05) is 0 Å². The van der Waals surface area contributed by atoms with Crippen LogP contribution in [0.5, 0.6) is 0 Å². The summed E-state index contributed by atoms with van der Waals surface area (Å²) in [6.07, 6.45) is 3.55. The highest BCUT2D eigenvalue weighted by Crippen LogP contribution is 2.55. The van der Waals surface area contributed by atoms with Crippen LogP contribution in [0.4, 0.5) is 0 Å². The summed E-state index contributed by atoms with van der Waals surface area (Å²) in [5, 5.41) is 0. The van der Waals surface area contributed by atoms with E-state index in [0.29, 0.717) is 5.92 Å². The summed E-state index contributed by atoms with van der Waals surface area (Å²) >= 11 is 0. The minimum atomic E-state index is 0.0463. The van der Waals surface area contributed by atoms with Gasteiger partial charge in [0.15, 0.2) is 0 Å². The van der Waals surface area contributed by atoms with Gasteiger partial charge in [-0.05, 0) is 31.1 Å². The van der Waals surface area contributed by atoms with Crippen molar-refractivity contribution in [1.82, 2.24) is 5.43 Å². The first-order valence-corrected chi connectivity index (χ1v) is 3.83. The van der Waals surface area contributed by atoms with Gasteiger partial charge in [0, 0.05) is 5.92 Å². The molecule has 2 aliphatic carbocycles. The fraction of sp³-hybridized carbons (Fsp3) is 0.857. The molecule has 0 radical (unpaired) electrons. The minimum Gasteiger partial charge on any atom is -0.294 e. The molecule has 2 aliphatic rings. The fourth-order valence-corrected chi connectivity index (χ4v) is 2.14. The number of amides is 1. The highest BCUT2D eigenvalue weighted by Gasteiger charge is 2.50. The van der Waals surface area contributed by atoms with Crippen molar-refractivity contribution in [3.8, 4) is 0 Å². The van der Waals surface area contributed by atoms with Crippen molar-refractivity contribution in [2.75, 3.05) is 0 Å². The Morgan fingerprint density at radius 3 is 2.70 bits per heavy atom. The lowest BCUT2D eigenvalue weighted by Crippen LogP contribution is -2.35. The first-order valence-electron chi connectivity index (χ1n) is 3.83. The van der Waals surface area contributed by atoms with Crippen LogP contribution in [0.15, 0.2) is 0 Å². The lowest BCUT2D eigenvalue weighted by molar-refractivity contribution is -0.125. The number of nitrogens with two attached hydrogens (primary N) is 1. The van der Waals surface area contributed by atoms with Crippen molar-refractivity contribution in [3.63, 3.8) is 0 Å². The van der Waals surface area contributed by atoms with Gasteiger partial charge in [-0.25, -0.2) is 5.84 Å². The first-order chi connectivity index (χ1) is 4.83. The van der Waals surface area contributed by atoms with E-state index >= 15 is 0 Å². The van der Waals surface area contributed by atoms with Crippen LogP contribution in [-0.4, -0.2) is 5.91 Å². The van der Waals surface area contributed by atoms with E-state index in [2.05, 4.69) is 5.43 Å². The SMILES string of the molecule is NNC(=O)[C@H]1CCC2CC21. The predicted molar refractivity (Wildman–Crippen MR) is 36.7 cm³/mol. The van der Waals surface area contributed by atoms with E-state index in [-0.39, 0.29) is 11.8 Å². The van der Waals surface area contributed by atoms with E-state index < -0.39 is 0 Å². The maximum absolute atomic E-state index is 11.0. The number of rotatable bonds is 1. The van der Waals surface area contributed by atoms with Gasteiger partial charge in [0.25, 0.3) is 0 Å². The largest absolute Gasteiger partial charge is 0.294 e.